The summed E-state index contributed by atoms with van der Waals surface area (Å²) in [5, 5.41) is 0. The highest BCUT2D eigenvalue weighted by Gasteiger charge is 2.35. The van der Waals surface area contributed by atoms with Gasteiger partial charge in [-0.25, -0.2) is 0 Å². The van der Waals surface area contributed by atoms with E-state index in [2.05, 4.69) is 0 Å². The topological polar surface area (TPSA) is 61.5 Å². The van der Waals surface area contributed by atoms with Gasteiger partial charge in [0.1, 0.15) is 5.78 Å². The molecule has 0 unspecified atom stereocenters. The molecule has 0 aromatic carbocycles. The molecule has 0 aromatic heterocycles. The Morgan fingerprint density at radius 1 is 1.21 bits per heavy atom. The second-order valence-corrected chi connectivity index (χ2v) is 5.44. The lowest BCUT2D eigenvalue weighted by Crippen LogP contribution is -2.29. The standard InChI is InChI=1S/C9H22NO3P/c1-5-8(4)9(10)14(11,12-6-2)13-7-3/h8-9H,5-7,10H2,1-4H3/t8-,9-/m0/s1. The van der Waals surface area contributed by atoms with Crippen LogP contribution in [0, 0.1) is 5.92 Å². The molecule has 2 N–H and O–H groups in total. The van der Waals surface area contributed by atoms with E-state index >= 15 is 0 Å². The summed E-state index contributed by atoms with van der Waals surface area (Å²) in [6.45, 7) is 8.26. The number of hydrogen-bond acceptors (Lipinski definition) is 4. The minimum absolute atomic E-state index is 0.138. The number of rotatable bonds is 7. The first-order chi connectivity index (χ1) is 6.51. The predicted molar refractivity (Wildman–Crippen MR) is 58.3 cm³/mol. The molecule has 5 heteroatoms. The van der Waals surface area contributed by atoms with Gasteiger partial charge in [0, 0.05) is 0 Å². The molecule has 0 aliphatic carbocycles. The van der Waals surface area contributed by atoms with Crippen LogP contribution in [-0.2, 0) is 13.6 Å². The first kappa shape index (κ1) is 14.1. The maximum atomic E-state index is 12.1. The Hall–Kier alpha value is 0.110. The van der Waals surface area contributed by atoms with Crippen LogP contribution in [0.15, 0.2) is 0 Å². The molecule has 0 amide bonds. The van der Waals surface area contributed by atoms with Gasteiger partial charge in [-0.15, -0.1) is 0 Å². The first-order valence-corrected chi connectivity index (χ1v) is 6.77. The summed E-state index contributed by atoms with van der Waals surface area (Å²) in [6, 6.07) is 0. The average molecular weight is 223 g/mol. The Balaban J connectivity index is 4.54. The number of hydrogen-bond donors (Lipinski definition) is 1. The molecular formula is C9H22NO3P. The van der Waals surface area contributed by atoms with Crippen LogP contribution in [0.3, 0.4) is 0 Å². The molecule has 0 spiro atoms. The maximum absolute atomic E-state index is 12.1. The summed E-state index contributed by atoms with van der Waals surface area (Å²) in [4.78, 5) is 0. The average Bonchev–Trinajstić information content (AvgIpc) is 2.16. The monoisotopic (exact) mass is 223 g/mol. The van der Waals surface area contributed by atoms with Crippen molar-refractivity contribution >= 4 is 7.60 Å². The fourth-order valence-electron chi connectivity index (χ4n) is 1.12. The molecule has 0 heterocycles. The molecule has 0 saturated heterocycles. The van der Waals surface area contributed by atoms with Crippen molar-refractivity contribution in [3.8, 4) is 0 Å². The lowest BCUT2D eigenvalue weighted by Gasteiger charge is -2.26. The van der Waals surface area contributed by atoms with Gasteiger partial charge in [0.15, 0.2) is 0 Å². The predicted octanol–water partition coefficient (Wildman–Crippen LogP) is 2.58. The summed E-state index contributed by atoms with van der Waals surface area (Å²) >= 11 is 0. The third-order valence-corrected chi connectivity index (χ3v) is 4.69. The zero-order valence-corrected chi connectivity index (χ0v) is 10.4. The molecule has 4 nitrogen and oxygen atoms in total. The fraction of sp³-hybridized carbons (Fsp3) is 1.00. The molecule has 14 heavy (non-hydrogen) atoms. The van der Waals surface area contributed by atoms with Crippen molar-refractivity contribution in [2.75, 3.05) is 13.2 Å². The van der Waals surface area contributed by atoms with Crippen LogP contribution in [0.5, 0.6) is 0 Å². The lowest BCUT2D eigenvalue weighted by molar-refractivity contribution is 0.204. The van der Waals surface area contributed by atoms with E-state index in [0.717, 1.165) is 6.42 Å². The van der Waals surface area contributed by atoms with E-state index in [-0.39, 0.29) is 5.92 Å². The summed E-state index contributed by atoms with van der Waals surface area (Å²) in [7, 11) is -3.11. The van der Waals surface area contributed by atoms with Crippen molar-refractivity contribution in [3.63, 3.8) is 0 Å². The third-order valence-electron chi connectivity index (χ3n) is 2.21. The van der Waals surface area contributed by atoms with Crippen molar-refractivity contribution < 1.29 is 13.6 Å². The Kier molecular flexibility index (Phi) is 6.62. The van der Waals surface area contributed by atoms with Crippen molar-refractivity contribution in [1.82, 2.24) is 0 Å². The van der Waals surface area contributed by atoms with Gasteiger partial charge in [-0.2, -0.15) is 0 Å². The Bertz CT molecular complexity index is 188. The molecule has 2 atom stereocenters. The fourth-order valence-corrected chi connectivity index (χ4v) is 3.10. The molecule has 0 rings (SSSR count). The van der Waals surface area contributed by atoms with Gasteiger partial charge < -0.3 is 14.8 Å². The second kappa shape index (κ2) is 6.57. The van der Waals surface area contributed by atoms with Gasteiger partial charge in [0.05, 0.1) is 13.2 Å². The molecule has 0 fully saturated rings. The molecule has 0 aliphatic heterocycles. The highest BCUT2D eigenvalue weighted by Crippen LogP contribution is 2.53. The van der Waals surface area contributed by atoms with Crippen LogP contribution in [0.4, 0.5) is 0 Å². The van der Waals surface area contributed by atoms with E-state index in [9.17, 15) is 4.57 Å². The first-order valence-electron chi connectivity index (χ1n) is 5.16. The van der Waals surface area contributed by atoms with E-state index < -0.39 is 13.4 Å². The van der Waals surface area contributed by atoms with Crippen LogP contribution in [0.2, 0.25) is 0 Å². The third kappa shape index (κ3) is 3.70. The van der Waals surface area contributed by atoms with Crippen LogP contribution in [-0.4, -0.2) is 19.0 Å². The zero-order chi connectivity index (χ0) is 11.2. The van der Waals surface area contributed by atoms with Crippen LogP contribution in [0.25, 0.3) is 0 Å². The van der Waals surface area contributed by atoms with Crippen molar-refractivity contribution in [3.05, 3.63) is 0 Å². The Morgan fingerprint density at radius 3 is 1.93 bits per heavy atom. The zero-order valence-electron chi connectivity index (χ0n) is 9.53. The molecule has 0 bridgehead atoms. The van der Waals surface area contributed by atoms with Crippen molar-refractivity contribution in [2.24, 2.45) is 11.7 Å². The van der Waals surface area contributed by atoms with Crippen LogP contribution in [0.1, 0.15) is 34.1 Å². The SMILES string of the molecule is CCOP(=O)(OCC)[C@H](N)[C@@H](C)CC. The Morgan fingerprint density at radius 2 is 1.64 bits per heavy atom. The van der Waals surface area contributed by atoms with Crippen molar-refractivity contribution in [1.29, 1.82) is 0 Å². The molecule has 86 valence electrons. The van der Waals surface area contributed by atoms with E-state index in [4.69, 9.17) is 14.8 Å². The molecule has 0 aromatic rings. The largest absolute Gasteiger partial charge is 0.347 e. The summed E-state index contributed by atoms with van der Waals surface area (Å²) in [5.74, 6) is -0.383. The quantitative estimate of drug-likeness (QED) is 0.674. The van der Waals surface area contributed by atoms with E-state index in [1.165, 1.54) is 0 Å². The minimum Gasteiger partial charge on any atom is -0.317 e. The van der Waals surface area contributed by atoms with Crippen LogP contribution < -0.4 is 5.73 Å². The van der Waals surface area contributed by atoms with Gasteiger partial charge in [-0.05, 0) is 19.8 Å². The van der Waals surface area contributed by atoms with Gasteiger partial charge in [0.25, 0.3) is 0 Å². The van der Waals surface area contributed by atoms with Crippen LogP contribution >= 0.6 is 7.60 Å². The Labute approximate surface area is 86.7 Å². The minimum atomic E-state index is -3.11. The lowest BCUT2D eigenvalue weighted by atomic mass is 10.1. The summed E-state index contributed by atoms with van der Waals surface area (Å²) in [6.07, 6.45) is 0.866. The second-order valence-electron chi connectivity index (χ2n) is 3.25. The molecular weight excluding hydrogens is 201 g/mol. The van der Waals surface area contributed by atoms with E-state index in [0.29, 0.717) is 13.2 Å². The maximum Gasteiger partial charge on any atom is 0.347 e. The van der Waals surface area contributed by atoms with E-state index in [1.807, 2.05) is 13.8 Å². The molecule has 0 saturated carbocycles. The summed E-state index contributed by atoms with van der Waals surface area (Å²) in [5.41, 5.74) is 5.87. The van der Waals surface area contributed by atoms with Crippen molar-refractivity contribution in [2.45, 2.75) is 39.9 Å². The summed E-state index contributed by atoms with van der Waals surface area (Å²) < 4.78 is 22.5. The molecule has 0 radical (unpaired) electrons. The highest BCUT2D eigenvalue weighted by atomic mass is 31.2. The van der Waals surface area contributed by atoms with Gasteiger partial charge in [-0.1, -0.05) is 20.3 Å². The smallest absolute Gasteiger partial charge is 0.317 e. The van der Waals surface area contributed by atoms with Gasteiger partial charge in [-0.3, -0.25) is 4.57 Å². The molecule has 0 aliphatic rings. The van der Waals surface area contributed by atoms with E-state index in [1.54, 1.807) is 13.8 Å². The van der Waals surface area contributed by atoms with Gasteiger partial charge in [0.2, 0.25) is 0 Å². The van der Waals surface area contributed by atoms with Gasteiger partial charge >= 0.3 is 7.60 Å². The normalized spacial score (nSPS) is 16.6. The highest BCUT2D eigenvalue weighted by molar-refractivity contribution is 7.54. The number of nitrogens with two attached hydrogens (primary N) is 1.